The number of imidazole rings is 1. The highest BCUT2D eigenvalue weighted by Crippen LogP contribution is 2.34. The highest BCUT2D eigenvalue weighted by Gasteiger charge is 2.31. The maximum Gasteiger partial charge on any atom is 0.416 e. The van der Waals surface area contributed by atoms with Crippen molar-refractivity contribution < 1.29 is 22.8 Å². The van der Waals surface area contributed by atoms with Crippen LogP contribution in [-0.4, -0.2) is 33.3 Å². The minimum Gasteiger partial charge on any atom is -0.338 e. The molecule has 164 valence electrons. The summed E-state index contributed by atoms with van der Waals surface area (Å²) in [4.78, 5) is 28.3. The van der Waals surface area contributed by atoms with Crippen molar-refractivity contribution in [2.75, 3.05) is 6.54 Å². The van der Waals surface area contributed by atoms with Gasteiger partial charge in [0.1, 0.15) is 0 Å². The van der Waals surface area contributed by atoms with E-state index < -0.39 is 28.9 Å². The Labute approximate surface area is 181 Å². The van der Waals surface area contributed by atoms with Gasteiger partial charge in [0, 0.05) is 6.54 Å². The molecule has 3 amide bonds. The first-order valence-electron chi connectivity index (χ1n) is 9.55. The summed E-state index contributed by atoms with van der Waals surface area (Å²) in [6.07, 6.45) is -4.48. The zero-order valence-corrected chi connectivity index (χ0v) is 17.7. The van der Waals surface area contributed by atoms with E-state index in [2.05, 4.69) is 15.6 Å². The van der Waals surface area contributed by atoms with Gasteiger partial charge in [0.15, 0.2) is 5.16 Å². The third-order valence-electron chi connectivity index (χ3n) is 4.45. The summed E-state index contributed by atoms with van der Waals surface area (Å²) in [5.41, 5.74) is 0.853. The Hall–Kier alpha value is -3.01. The molecule has 31 heavy (non-hydrogen) atoms. The number of amides is 3. The van der Waals surface area contributed by atoms with E-state index >= 15 is 0 Å². The standard InChI is InChI=1S/C21H21F3N4O2S/c1-3-25-19(30)27-18(29)13(2)31-20-26-16-11-15(21(22,23)24)9-10-17(16)28(20)12-14-7-5-4-6-8-14/h4-11,13H,3,12H2,1-2H3,(H2,25,27,29,30)/t13-/m1/s1. The van der Waals surface area contributed by atoms with Gasteiger partial charge in [-0.2, -0.15) is 13.2 Å². The van der Waals surface area contributed by atoms with E-state index in [-0.39, 0.29) is 5.52 Å². The lowest BCUT2D eigenvalue weighted by Gasteiger charge is -2.13. The van der Waals surface area contributed by atoms with Gasteiger partial charge in [0.25, 0.3) is 0 Å². The second-order valence-electron chi connectivity index (χ2n) is 6.78. The molecule has 1 aromatic heterocycles. The number of hydrogen-bond acceptors (Lipinski definition) is 4. The van der Waals surface area contributed by atoms with E-state index in [1.165, 1.54) is 6.07 Å². The summed E-state index contributed by atoms with van der Waals surface area (Å²) in [5, 5.41) is 4.40. The maximum atomic E-state index is 13.1. The Bertz CT molecular complexity index is 1080. The average Bonchev–Trinajstić information content (AvgIpc) is 3.04. The lowest BCUT2D eigenvalue weighted by atomic mass is 10.2. The van der Waals surface area contributed by atoms with Crippen molar-refractivity contribution in [3.05, 3.63) is 59.7 Å². The van der Waals surface area contributed by atoms with Crippen LogP contribution in [0.2, 0.25) is 0 Å². The molecule has 0 saturated heterocycles. The number of benzene rings is 2. The predicted octanol–water partition coefficient (Wildman–Crippen LogP) is 4.43. The molecule has 0 radical (unpaired) electrons. The molecule has 6 nitrogen and oxygen atoms in total. The summed E-state index contributed by atoms with van der Waals surface area (Å²) in [6.45, 7) is 4.07. The van der Waals surface area contributed by atoms with Crippen molar-refractivity contribution in [3.63, 3.8) is 0 Å². The molecule has 2 aromatic carbocycles. The number of urea groups is 1. The number of rotatable bonds is 6. The Balaban J connectivity index is 1.95. The highest BCUT2D eigenvalue weighted by atomic mass is 32.2. The molecule has 0 aliphatic heterocycles. The van der Waals surface area contributed by atoms with E-state index in [1.54, 1.807) is 18.4 Å². The Morgan fingerprint density at radius 2 is 1.87 bits per heavy atom. The van der Waals surface area contributed by atoms with Crippen LogP contribution in [0.25, 0.3) is 11.0 Å². The second-order valence-corrected chi connectivity index (χ2v) is 8.08. The maximum absolute atomic E-state index is 13.1. The van der Waals surface area contributed by atoms with Crippen molar-refractivity contribution in [1.29, 1.82) is 0 Å². The first-order chi connectivity index (χ1) is 14.7. The van der Waals surface area contributed by atoms with Gasteiger partial charge in [-0.1, -0.05) is 42.1 Å². The van der Waals surface area contributed by atoms with E-state index in [0.29, 0.717) is 23.8 Å². The molecule has 2 N–H and O–H groups in total. The molecule has 1 heterocycles. The van der Waals surface area contributed by atoms with Crippen LogP contribution in [-0.2, 0) is 17.5 Å². The molecular formula is C21H21F3N4O2S. The molecule has 0 saturated carbocycles. The molecule has 0 aliphatic carbocycles. The fourth-order valence-corrected chi connectivity index (χ4v) is 3.85. The van der Waals surface area contributed by atoms with E-state index in [1.807, 2.05) is 30.3 Å². The van der Waals surface area contributed by atoms with E-state index in [0.717, 1.165) is 29.5 Å². The van der Waals surface area contributed by atoms with Gasteiger partial charge in [0.2, 0.25) is 5.91 Å². The van der Waals surface area contributed by atoms with Crippen molar-refractivity contribution in [2.24, 2.45) is 0 Å². The number of imide groups is 1. The fourth-order valence-electron chi connectivity index (χ4n) is 2.92. The largest absolute Gasteiger partial charge is 0.416 e. The smallest absolute Gasteiger partial charge is 0.338 e. The van der Waals surface area contributed by atoms with Crippen LogP contribution >= 0.6 is 11.8 Å². The molecule has 3 aromatic rings. The van der Waals surface area contributed by atoms with Crippen molar-refractivity contribution in [2.45, 2.75) is 37.0 Å². The normalized spacial score (nSPS) is 12.5. The quantitative estimate of drug-likeness (QED) is 0.545. The van der Waals surface area contributed by atoms with Gasteiger partial charge >= 0.3 is 12.2 Å². The minimum atomic E-state index is -4.48. The summed E-state index contributed by atoms with van der Waals surface area (Å²) in [6, 6.07) is 12.2. The molecule has 0 spiro atoms. The third kappa shape index (κ3) is 5.57. The van der Waals surface area contributed by atoms with Gasteiger partial charge in [-0.15, -0.1) is 0 Å². The SMILES string of the molecule is CCNC(=O)NC(=O)[C@@H](C)Sc1nc2cc(C(F)(F)F)ccc2n1Cc1ccccc1. The number of thioether (sulfide) groups is 1. The molecule has 3 rings (SSSR count). The van der Waals surface area contributed by atoms with Crippen LogP contribution < -0.4 is 10.6 Å². The zero-order chi connectivity index (χ0) is 22.6. The summed E-state index contributed by atoms with van der Waals surface area (Å²) in [7, 11) is 0. The number of hydrogen-bond donors (Lipinski definition) is 2. The van der Waals surface area contributed by atoms with Crippen LogP contribution in [0.3, 0.4) is 0 Å². The number of carbonyl (C=O) groups excluding carboxylic acids is 2. The third-order valence-corrected chi connectivity index (χ3v) is 5.54. The fraction of sp³-hybridized carbons (Fsp3) is 0.286. The number of aromatic nitrogens is 2. The highest BCUT2D eigenvalue weighted by molar-refractivity contribution is 8.00. The van der Waals surface area contributed by atoms with Crippen LogP contribution in [0, 0.1) is 0 Å². The Morgan fingerprint density at radius 1 is 1.16 bits per heavy atom. The molecule has 0 bridgehead atoms. The molecule has 0 unspecified atom stereocenters. The molecule has 1 atom stereocenters. The van der Waals surface area contributed by atoms with Crippen LogP contribution in [0.4, 0.5) is 18.0 Å². The first kappa shape index (κ1) is 22.7. The average molecular weight is 450 g/mol. The van der Waals surface area contributed by atoms with Gasteiger partial charge in [-0.3, -0.25) is 10.1 Å². The van der Waals surface area contributed by atoms with E-state index in [9.17, 15) is 22.8 Å². The number of carbonyl (C=O) groups is 2. The zero-order valence-electron chi connectivity index (χ0n) is 16.9. The van der Waals surface area contributed by atoms with Gasteiger partial charge in [-0.05, 0) is 37.6 Å². The first-order valence-corrected chi connectivity index (χ1v) is 10.4. The van der Waals surface area contributed by atoms with Gasteiger partial charge < -0.3 is 9.88 Å². The molecule has 0 fully saturated rings. The number of halogens is 3. The number of nitrogens with zero attached hydrogens (tertiary/aromatic N) is 2. The lowest BCUT2D eigenvalue weighted by molar-refractivity contribution is -0.137. The molecule has 0 aliphatic rings. The van der Waals surface area contributed by atoms with E-state index in [4.69, 9.17) is 0 Å². The lowest BCUT2D eigenvalue weighted by Crippen LogP contribution is -2.42. The molecule has 10 heteroatoms. The predicted molar refractivity (Wildman–Crippen MR) is 113 cm³/mol. The number of alkyl halides is 3. The Morgan fingerprint density at radius 3 is 2.52 bits per heavy atom. The van der Waals surface area contributed by atoms with Crippen molar-refractivity contribution in [3.8, 4) is 0 Å². The van der Waals surface area contributed by atoms with Crippen LogP contribution in [0.1, 0.15) is 25.0 Å². The van der Waals surface area contributed by atoms with Crippen LogP contribution in [0.15, 0.2) is 53.7 Å². The number of fused-ring (bicyclic) bond motifs is 1. The second kappa shape index (κ2) is 9.42. The van der Waals surface area contributed by atoms with Gasteiger partial charge in [-0.25, -0.2) is 9.78 Å². The van der Waals surface area contributed by atoms with Crippen molar-refractivity contribution >= 4 is 34.7 Å². The van der Waals surface area contributed by atoms with Gasteiger partial charge in [0.05, 0.1) is 28.4 Å². The van der Waals surface area contributed by atoms with Crippen molar-refractivity contribution in [1.82, 2.24) is 20.2 Å². The van der Waals surface area contributed by atoms with Crippen LogP contribution in [0.5, 0.6) is 0 Å². The summed E-state index contributed by atoms with van der Waals surface area (Å²) in [5.74, 6) is -0.523. The summed E-state index contributed by atoms with van der Waals surface area (Å²) >= 11 is 1.08. The monoisotopic (exact) mass is 450 g/mol. The Kier molecular flexibility index (Phi) is 6.89. The topological polar surface area (TPSA) is 76.0 Å². The minimum absolute atomic E-state index is 0.185. The number of nitrogens with one attached hydrogen (secondary N) is 2. The summed E-state index contributed by atoms with van der Waals surface area (Å²) < 4.78 is 41.2. The molecular weight excluding hydrogens is 429 g/mol.